The van der Waals surface area contributed by atoms with Gasteiger partial charge in [0, 0.05) is 0 Å². The Labute approximate surface area is 674 Å². The lowest BCUT2D eigenvalue weighted by Crippen LogP contribution is -2.03. The summed E-state index contributed by atoms with van der Waals surface area (Å²) in [6.07, 6.45) is 54.2. The first-order valence-electron chi connectivity index (χ1n) is 45.9. The Balaban J connectivity index is 1.39. The molecule has 4 aromatic carbocycles. The van der Waals surface area contributed by atoms with E-state index in [-0.39, 0.29) is 0 Å². The van der Waals surface area contributed by atoms with Crippen molar-refractivity contribution in [2.24, 2.45) is 0 Å². The zero-order valence-electron chi connectivity index (χ0n) is 71.2. The number of rotatable bonds is 64. The molecule has 0 atom stereocenters. The predicted molar refractivity (Wildman–Crippen MR) is 467 cm³/mol. The molecule has 2 aliphatic rings. The molecule has 5 heterocycles. The number of nitrogens with zero attached hydrogens (tertiary/aromatic N) is 6. The second-order valence-electron chi connectivity index (χ2n) is 31.8. The molecule has 2 N–H and O–H groups in total. The van der Waals surface area contributed by atoms with Gasteiger partial charge in [0.2, 0.25) is 0 Å². The van der Waals surface area contributed by atoms with E-state index in [4.69, 9.17) is 67.8 Å². The first-order valence-corrected chi connectivity index (χ1v) is 45.9. The number of fused-ring (bicyclic) bond motifs is 20. The van der Waals surface area contributed by atoms with Crippen LogP contribution in [0.3, 0.4) is 0 Å². The molecule has 9 rings (SSSR count). The quantitative estimate of drug-likeness (QED) is 0.0343. The molecule has 0 radical (unpaired) electrons. The molecule has 618 valence electrons. The fourth-order valence-electron chi connectivity index (χ4n) is 15.5. The Morgan fingerprint density at radius 1 is 0.179 bits per heavy atom. The highest BCUT2D eigenvalue weighted by molar-refractivity contribution is 6.13. The summed E-state index contributed by atoms with van der Waals surface area (Å²) in [5.41, 5.74) is 4.84. The van der Waals surface area contributed by atoms with E-state index in [1.807, 2.05) is 0 Å². The summed E-state index contributed by atoms with van der Waals surface area (Å²) in [6, 6.07) is 16.5. The zero-order valence-corrected chi connectivity index (χ0v) is 71.2. The number of benzene rings is 4. The first-order chi connectivity index (χ1) is 55.4. The zero-order chi connectivity index (χ0) is 78.4. The van der Waals surface area contributed by atoms with E-state index in [1.165, 1.54) is 154 Å². The molecule has 16 nitrogen and oxygen atoms in total. The van der Waals surface area contributed by atoms with Crippen LogP contribution in [0.25, 0.3) is 89.7 Å². The average molecular weight is 1540 g/mol. The Bertz CT molecular complexity index is 3500. The van der Waals surface area contributed by atoms with Crippen LogP contribution in [0.2, 0.25) is 0 Å². The van der Waals surface area contributed by atoms with Crippen molar-refractivity contribution in [1.29, 1.82) is 0 Å². The van der Waals surface area contributed by atoms with Gasteiger partial charge in [0.1, 0.15) is 68.6 Å². The number of hydrogen-bond donors (Lipinski definition) is 2. The van der Waals surface area contributed by atoms with Crippen molar-refractivity contribution < 1.29 is 37.9 Å². The van der Waals surface area contributed by atoms with Gasteiger partial charge >= 0.3 is 0 Å². The summed E-state index contributed by atoms with van der Waals surface area (Å²) in [6.45, 7) is 22.3. The Kier molecular flexibility index (Phi) is 41.3. The minimum absolute atomic E-state index is 0.416. The van der Waals surface area contributed by atoms with Gasteiger partial charge in [-0.1, -0.05) is 312 Å². The number of unbranched alkanes of at least 4 members (excludes halogenated alkanes) is 40. The molecule has 0 aliphatic carbocycles. The van der Waals surface area contributed by atoms with Crippen molar-refractivity contribution in [1.82, 2.24) is 39.9 Å². The lowest BCUT2D eigenvalue weighted by atomic mass is 10.1. The molecule has 2 aliphatic heterocycles. The number of nitrogens with one attached hydrogen (secondary N) is 2. The van der Waals surface area contributed by atoms with Crippen molar-refractivity contribution in [3.05, 3.63) is 48.5 Å². The highest BCUT2D eigenvalue weighted by Crippen LogP contribution is 2.51. The maximum atomic E-state index is 7.09. The maximum Gasteiger partial charge on any atom is 0.168 e. The van der Waals surface area contributed by atoms with E-state index in [1.54, 1.807) is 0 Å². The summed E-state index contributed by atoms with van der Waals surface area (Å²) >= 11 is 0. The van der Waals surface area contributed by atoms with Crippen LogP contribution in [-0.4, -0.2) is 92.7 Å². The average Bonchev–Trinajstić information content (AvgIpc) is 1.58. The molecule has 7 aromatic rings. The van der Waals surface area contributed by atoms with Crippen LogP contribution in [0.4, 0.5) is 0 Å². The minimum Gasteiger partial charge on any atom is -0.493 e. The van der Waals surface area contributed by atoms with Crippen molar-refractivity contribution in [2.75, 3.05) is 52.9 Å². The fourth-order valence-corrected chi connectivity index (χ4v) is 15.5. The third kappa shape index (κ3) is 27.4. The second-order valence-corrected chi connectivity index (χ2v) is 31.8. The summed E-state index contributed by atoms with van der Waals surface area (Å²) < 4.78 is 56.7. The van der Waals surface area contributed by atoms with Gasteiger partial charge in [-0.25, -0.2) is 29.9 Å². The topological polar surface area (TPSA) is 183 Å². The number of aromatic nitrogens is 8. The van der Waals surface area contributed by atoms with Gasteiger partial charge in [-0.05, 0) is 99.9 Å². The van der Waals surface area contributed by atoms with Gasteiger partial charge < -0.3 is 47.9 Å². The Morgan fingerprint density at radius 3 is 0.491 bits per heavy atom. The highest BCUT2D eigenvalue weighted by atomic mass is 16.5. The summed E-state index contributed by atoms with van der Waals surface area (Å²) in [7, 11) is 0. The van der Waals surface area contributed by atoms with Gasteiger partial charge in [0.25, 0.3) is 0 Å². The predicted octanol–water partition coefficient (Wildman–Crippen LogP) is 28.8. The van der Waals surface area contributed by atoms with Crippen LogP contribution in [0, 0.1) is 0 Å². The van der Waals surface area contributed by atoms with Crippen molar-refractivity contribution in [3.63, 3.8) is 0 Å². The molecule has 0 amide bonds. The standard InChI is InChI=1S/C96H146N8O8/c1-9-17-25-33-41-49-65-105-73-57-58-74(106-66-50-42-34-26-18-10-2)82-81(73)89-97-90(82)102-92-85-77(109-69-53-45-37-29-21-13-5)61-62-78(110-70-54-46-38-30-22-14-6)86(85)94(99-92)104-96-88-80(112-72-56-48-40-32-24-16-8)64-63-79(111-71-55-47-39-31-23-15-7)87(88)95(100-96)103-93-84-76(108-68-52-44-36-28-20-12-4)60-59-75(83(84)91(98-93)101-89)107-67-51-43-35-27-19-11-3/h57-64H,9-56,65-72H2,1-8H3,(H2,97,98,99,100,101,102,103,104). The number of aromatic amines is 2. The lowest BCUT2D eigenvalue weighted by Gasteiger charge is -2.15. The van der Waals surface area contributed by atoms with Crippen LogP contribution in [0.5, 0.6) is 46.0 Å². The molecule has 16 heteroatoms. The van der Waals surface area contributed by atoms with Gasteiger partial charge in [-0.15, -0.1) is 0 Å². The molecule has 0 fully saturated rings. The Morgan fingerprint density at radius 2 is 0.321 bits per heavy atom. The van der Waals surface area contributed by atoms with Gasteiger partial charge in [-0.3, -0.25) is 0 Å². The van der Waals surface area contributed by atoms with Crippen molar-refractivity contribution in [2.45, 2.75) is 364 Å². The lowest BCUT2D eigenvalue weighted by molar-refractivity contribution is 0.298. The van der Waals surface area contributed by atoms with Crippen LogP contribution < -0.4 is 37.9 Å². The molecule has 8 bridgehead atoms. The molecular weight excluding hydrogens is 1390 g/mol. The maximum absolute atomic E-state index is 7.09. The van der Waals surface area contributed by atoms with Crippen molar-refractivity contribution >= 4 is 44.1 Å². The molecule has 0 spiro atoms. The molecule has 3 aromatic heterocycles. The SMILES string of the molecule is CCCCCCCCOc1ccc(OCCCCCCCC)c2c1-c1nc-2nc2[nH]c(nc3nc(nc4[nH]c(n1)c1c(OCCCCCCCC)ccc(OCCCCCCCC)c41)-c1c(OCCCCCCCC)ccc(OCCCCCCCC)c1-3)c1c(OCCCCCCCC)ccc(OCCCCCCCC)c21. The highest BCUT2D eigenvalue weighted by Gasteiger charge is 2.33. The number of ether oxygens (including phenoxy) is 8. The second kappa shape index (κ2) is 52.2. The number of hydrogen-bond acceptors (Lipinski definition) is 14. The smallest absolute Gasteiger partial charge is 0.168 e. The van der Waals surface area contributed by atoms with E-state index in [0.717, 1.165) is 176 Å². The summed E-state index contributed by atoms with van der Waals surface area (Å²) in [5, 5.41) is 2.94. The molecule has 0 saturated carbocycles. The monoisotopic (exact) mass is 1540 g/mol. The van der Waals surface area contributed by atoms with E-state index >= 15 is 0 Å². The third-order valence-electron chi connectivity index (χ3n) is 22.2. The Hall–Kier alpha value is -7.36. The summed E-state index contributed by atoms with van der Waals surface area (Å²) in [5.74, 6) is 6.99. The van der Waals surface area contributed by atoms with E-state index < -0.39 is 0 Å². The van der Waals surface area contributed by atoms with Crippen molar-refractivity contribution in [3.8, 4) is 91.5 Å². The minimum atomic E-state index is 0.416. The van der Waals surface area contributed by atoms with E-state index in [9.17, 15) is 0 Å². The van der Waals surface area contributed by atoms with Crippen LogP contribution >= 0.6 is 0 Å². The normalized spacial score (nSPS) is 11.8. The van der Waals surface area contributed by atoms with E-state index in [2.05, 4.69) is 114 Å². The van der Waals surface area contributed by atoms with Crippen LogP contribution in [-0.2, 0) is 0 Å². The molecule has 112 heavy (non-hydrogen) atoms. The van der Waals surface area contributed by atoms with Gasteiger partial charge in [-0.2, -0.15) is 0 Å². The van der Waals surface area contributed by atoms with E-state index in [0.29, 0.717) is 167 Å². The van der Waals surface area contributed by atoms with Crippen LogP contribution in [0.1, 0.15) is 364 Å². The van der Waals surface area contributed by atoms with Crippen LogP contribution in [0.15, 0.2) is 48.5 Å². The first kappa shape index (κ1) is 88.6. The largest absolute Gasteiger partial charge is 0.493 e. The fraction of sp³-hybridized carbons (Fsp3) is 0.667. The number of H-pyrrole nitrogens is 2. The molecular formula is C96H146N8O8. The van der Waals surface area contributed by atoms with Gasteiger partial charge in [0.15, 0.2) is 23.3 Å². The molecule has 0 saturated heterocycles. The third-order valence-corrected chi connectivity index (χ3v) is 22.2. The van der Waals surface area contributed by atoms with Gasteiger partial charge in [0.05, 0.1) is 96.7 Å². The summed E-state index contributed by atoms with van der Waals surface area (Å²) in [4.78, 5) is 42.5. The molecule has 0 unspecified atom stereocenters.